The summed E-state index contributed by atoms with van der Waals surface area (Å²) < 4.78 is 18.3. The number of hydrogen-bond donors (Lipinski definition) is 0. The molecule has 1 aliphatic heterocycles. The fraction of sp³-hybridized carbons (Fsp3) is 0.417. The first-order valence-corrected chi connectivity index (χ1v) is 10.8. The van der Waals surface area contributed by atoms with Crippen LogP contribution in [0.2, 0.25) is 0 Å². The molecule has 7 nitrogen and oxygen atoms in total. The molecule has 0 spiro atoms. The molecule has 7 heteroatoms. The number of pyridine rings is 1. The summed E-state index contributed by atoms with van der Waals surface area (Å²) in [5.41, 5.74) is 2.21. The molecule has 1 atom stereocenters. The number of ether oxygens (including phenoxy) is 3. The number of methoxy groups -OCH3 is 1. The number of nitrogens with zero attached hydrogens (tertiary/aromatic N) is 2. The van der Waals surface area contributed by atoms with E-state index in [1.807, 2.05) is 47.0 Å². The topological polar surface area (TPSA) is 69.5 Å². The lowest BCUT2D eigenvalue weighted by molar-refractivity contribution is -0.142. The number of esters is 2. The maximum atomic E-state index is 12.6. The van der Waals surface area contributed by atoms with Gasteiger partial charge < -0.3 is 18.6 Å². The zero-order valence-electron chi connectivity index (χ0n) is 18.0. The van der Waals surface area contributed by atoms with Gasteiger partial charge in [-0.2, -0.15) is 0 Å². The van der Waals surface area contributed by atoms with E-state index < -0.39 is 0 Å². The Kier molecular flexibility index (Phi) is 6.42. The molecule has 0 radical (unpaired) electrons. The monoisotopic (exact) mass is 424 g/mol. The molecule has 2 aromatic heterocycles. The highest BCUT2D eigenvalue weighted by molar-refractivity contribution is 6.11. The number of carbonyl (C=O) groups excluding carboxylic acids is 2. The lowest BCUT2D eigenvalue weighted by atomic mass is 10.1. The maximum absolute atomic E-state index is 12.6. The van der Waals surface area contributed by atoms with Gasteiger partial charge in [0.1, 0.15) is 11.9 Å². The van der Waals surface area contributed by atoms with E-state index in [1.165, 1.54) is 20.0 Å². The van der Waals surface area contributed by atoms with Crippen molar-refractivity contribution in [3.05, 3.63) is 48.2 Å². The highest BCUT2D eigenvalue weighted by Crippen LogP contribution is 2.30. The number of aromatic nitrogens is 1. The van der Waals surface area contributed by atoms with Crippen molar-refractivity contribution in [1.29, 1.82) is 0 Å². The molecule has 1 aromatic carbocycles. The van der Waals surface area contributed by atoms with Gasteiger partial charge in [-0.25, -0.2) is 4.79 Å². The number of para-hydroxylation sites is 1. The maximum Gasteiger partial charge on any atom is 0.340 e. The summed E-state index contributed by atoms with van der Waals surface area (Å²) in [5, 5.41) is 0.835. The number of rotatable bonds is 8. The molecule has 0 saturated carbocycles. The molecule has 3 aromatic rings. The van der Waals surface area contributed by atoms with E-state index in [9.17, 15) is 9.59 Å². The summed E-state index contributed by atoms with van der Waals surface area (Å²) in [4.78, 5) is 26.9. The number of hydrogen-bond acceptors (Lipinski definition) is 6. The Morgan fingerprint density at radius 2 is 1.84 bits per heavy atom. The third-order valence-corrected chi connectivity index (χ3v) is 5.68. The Labute approximate surface area is 181 Å². The van der Waals surface area contributed by atoms with Crippen molar-refractivity contribution in [3.63, 3.8) is 0 Å². The summed E-state index contributed by atoms with van der Waals surface area (Å²) in [5.74, 6) is 0.00511. The van der Waals surface area contributed by atoms with Crippen LogP contribution in [0.25, 0.3) is 16.4 Å². The molecule has 1 unspecified atom stereocenters. The van der Waals surface area contributed by atoms with E-state index in [2.05, 4.69) is 4.90 Å². The first-order valence-electron chi connectivity index (χ1n) is 10.8. The van der Waals surface area contributed by atoms with Gasteiger partial charge >= 0.3 is 11.9 Å². The second-order valence-corrected chi connectivity index (χ2v) is 7.76. The van der Waals surface area contributed by atoms with Gasteiger partial charge in [0.25, 0.3) is 0 Å². The van der Waals surface area contributed by atoms with Crippen LogP contribution in [0.5, 0.6) is 5.75 Å². The van der Waals surface area contributed by atoms with Crippen LogP contribution in [0.3, 0.4) is 0 Å². The smallest absolute Gasteiger partial charge is 0.340 e. The predicted octanol–water partition coefficient (Wildman–Crippen LogP) is 3.68. The van der Waals surface area contributed by atoms with Crippen LogP contribution in [0.1, 0.15) is 36.5 Å². The molecule has 0 N–H and O–H groups in total. The zero-order valence-corrected chi connectivity index (χ0v) is 18.0. The molecule has 31 heavy (non-hydrogen) atoms. The third-order valence-electron chi connectivity index (χ3n) is 5.68. The van der Waals surface area contributed by atoms with Crippen molar-refractivity contribution in [1.82, 2.24) is 9.30 Å². The van der Waals surface area contributed by atoms with Gasteiger partial charge in [-0.3, -0.25) is 9.69 Å². The van der Waals surface area contributed by atoms with Crippen LogP contribution in [0.15, 0.2) is 42.6 Å². The van der Waals surface area contributed by atoms with Crippen LogP contribution in [0.4, 0.5) is 0 Å². The van der Waals surface area contributed by atoms with Gasteiger partial charge in [-0.1, -0.05) is 18.2 Å². The van der Waals surface area contributed by atoms with Crippen LogP contribution in [-0.4, -0.2) is 60.7 Å². The van der Waals surface area contributed by atoms with Crippen LogP contribution in [-0.2, 0) is 14.3 Å². The van der Waals surface area contributed by atoms with E-state index >= 15 is 0 Å². The Bertz CT molecular complexity index is 1080. The van der Waals surface area contributed by atoms with Crippen LogP contribution in [0, 0.1) is 0 Å². The van der Waals surface area contributed by atoms with Gasteiger partial charge in [0.2, 0.25) is 0 Å². The lowest BCUT2D eigenvalue weighted by Crippen LogP contribution is -2.35. The highest BCUT2D eigenvalue weighted by atomic mass is 16.5. The Morgan fingerprint density at radius 1 is 1.06 bits per heavy atom. The number of likely N-dealkylation sites (tertiary alicyclic amines) is 1. The molecule has 1 fully saturated rings. The van der Waals surface area contributed by atoms with E-state index in [0.717, 1.165) is 29.5 Å². The Hall–Kier alpha value is -3.06. The quantitative estimate of drug-likeness (QED) is 0.514. The molecule has 0 aliphatic carbocycles. The summed E-state index contributed by atoms with van der Waals surface area (Å²) in [7, 11) is 1.39. The fourth-order valence-electron chi connectivity index (χ4n) is 4.26. The second-order valence-electron chi connectivity index (χ2n) is 7.76. The normalized spacial score (nSPS) is 15.3. The first-order chi connectivity index (χ1) is 15.1. The summed E-state index contributed by atoms with van der Waals surface area (Å²) in [6.07, 6.45) is 4.08. The minimum absolute atomic E-state index is 0.186. The third kappa shape index (κ3) is 4.51. The van der Waals surface area contributed by atoms with Crippen molar-refractivity contribution in [3.8, 4) is 5.75 Å². The molecule has 3 heterocycles. The average molecular weight is 424 g/mol. The average Bonchev–Trinajstić information content (AvgIpc) is 3.39. The van der Waals surface area contributed by atoms with Crippen LogP contribution < -0.4 is 4.74 Å². The van der Waals surface area contributed by atoms with Crippen molar-refractivity contribution in [2.24, 2.45) is 0 Å². The van der Waals surface area contributed by atoms with E-state index in [1.54, 1.807) is 6.92 Å². The van der Waals surface area contributed by atoms with Gasteiger partial charge in [0.05, 0.1) is 42.9 Å². The van der Waals surface area contributed by atoms with Gasteiger partial charge in [0.15, 0.2) is 0 Å². The van der Waals surface area contributed by atoms with Crippen molar-refractivity contribution >= 4 is 28.4 Å². The SMILES string of the molecule is CCOC(=O)c1c2ccccc2n2cc(OC(CC(=O)OC)CN3CCCC3)ccc12. The molecule has 0 bridgehead atoms. The minimum atomic E-state index is -0.340. The molecular weight excluding hydrogens is 396 g/mol. The van der Waals surface area contributed by atoms with Crippen molar-refractivity contribution in [2.75, 3.05) is 33.4 Å². The molecule has 1 saturated heterocycles. The van der Waals surface area contributed by atoms with Gasteiger partial charge in [-0.15, -0.1) is 0 Å². The molecule has 164 valence electrons. The zero-order chi connectivity index (χ0) is 21.8. The summed E-state index contributed by atoms with van der Waals surface area (Å²) in [6, 6.07) is 11.4. The van der Waals surface area contributed by atoms with Gasteiger partial charge in [0, 0.05) is 11.9 Å². The fourth-order valence-corrected chi connectivity index (χ4v) is 4.26. The number of carbonyl (C=O) groups is 2. The van der Waals surface area contributed by atoms with Crippen molar-refractivity contribution < 1.29 is 23.8 Å². The molecule has 4 rings (SSSR count). The molecule has 0 amide bonds. The van der Waals surface area contributed by atoms with Crippen molar-refractivity contribution in [2.45, 2.75) is 32.3 Å². The predicted molar refractivity (Wildman–Crippen MR) is 118 cm³/mol. The number of fused-ring (bicyclic) bond motifs is 3. The Morgan fingerprint density at radius 3 is 2.58 bits per heavy atom. The van der Waals surface area contributed by atoms with E-state index in [4.69, 9.17) is 14.2 Å². The van der Waals surface area contributed by atoms with Crippen LogP contribution >= 0.6 is 0 Å². The first kappa shape index (κ1) is 21.2. The van der Waals surface area contributed by atoms with E-state index in [-0.39, 0.29) is 24.5 Å². The van der Waals surface area contributed by atoms with Gasteiger partial charge in [-0.05, 0) is 51.1 Å². The molecular formula is C24H28N2O5. The summed E-state index contributed by atoms with van der Waals surface area (Å²) in [6.45, 7) is 4.83. The standard InChI is InChI=1S/C24H28N2O5/c1-3-30-24(28)23-19-8-4-5-9-20(19)26-16-17(10-11-21(23)26)31-18(14-22(27)29-2)15-25-12-6-7-13-25/h4-5,8-11,16,18H,3,6-7,12-15H2,1-2H3. The second kappa shape index (κ2) is 9.39. The highest BCUT2D eigenvalue weighted by Gasteiger charge is 2.23. The molecule has 1 aliphatic rings. The largest absolute Gasteiger partial charge is 0.487 e. The Balaban J connectivity index is 1.68. The lowest BCUT2D eigenvalue weighted by Gasteiger charge is -2.24. The minimum Gasteiger partial charge on any atom is -0.487 e. The van der Waals surface area contributed by atoms with E-state index in [0.29, 0.717) is 24.5 Å². The number of benzene rings is 1. The summed E-state index contributed by atoms with van der Waals surface area (Å²) >= 11 is 0.